The van der Waals surface area contributed by atoms with E-state index in [-0.39, 0.29) is 25.4 Å². The minimum atomic E-state index is -1.05. The summed E-state index contributed by atoms with van der Waals surface area (Å²) in [6.45, 7) is 2.61. The maximum absolute atomic E-state index is 13.3. The first-order chi connectivity index (χ1) is 15.8. The van der Waals surface area contributed by atoms with Gasteiger partial charge in [0.25, 0.3) is 0 Å². The lowest BCUT2D eigenvalue weighted by Gasteiger charge is -2.28. The predicted molar refractivity (Wildman–Crippen MR) is 115 cm³/mol. The van der Waals surface area contributed by atoms with Crippen LogP contribution in [0.2, 0.25) is 0 Å². The molecular weight excluding hydrogens is 432 g/mol. The van der Waals surface area contributed by atoms with Crippen LogP contribution in [0.5, 0.6) is 0 Å². The van der Waals surface area contributed by atoms with E-state index < -0.39 is 41.9 Å². The van der Waals surface area contributed by atoms with Crippen molar-refractivity contribution < 1.29 is 28.7 Å². The lowest BCUT2D eigenvalue weighted by molar-refractivity contribution is -0.140. The van der Waals surface area contributed by atoms with Crippen molar-refractivity contribution in [2.75, 3.05) is 13.2 Å². The van der Waals surface area contributed by atoms with Gasteiger partial charge in [-0.15, -0.1) is 0 Å². The van der Waals surface area contributed by atoms with E-state index >= 15 is 0 Å². The van der Waals surface area contributed by atoms with E-state index in [2.05, 4.69) is 15.6 Å². The number of nitrogens with two attached hydrogens (primary N) is 1. The molecule has 2 aliphatic heterocycles. The molecule has 4 N–H and O–H groups in total. The summed E-state index contributed by atoms with van der Waals surface area (Å²) in [4.78, 5) is 66.9. The molecule has 0 unspecified atom stereocenters. The second kappa shape index (κ2) is 10.9. The molecule has 2 saturated heterocycles. The number of primary amides is 1. The molecule has 0 aromatic carbocycles. The van der Waals surface area contributed by atoms with Gasteiger partial charge in [0.15, 0.2) is 0 Å². The third-order valence-electron chi connectivity index (χ3n) is 5.77. The Hall–Kier alpha value is -3.44. The monoisotopic (exact) mass is 462 g/mol. The van der Waals surface area contributed by atoms with Crippen LogP contribution in [0, 0.1) is 0 Å². The highest BCUT2D eigenvalue weighted by Crippen LogP contribution is 2.19. The van der Waals surface area contributed by atoms with E-state index in [1.807, 2.05) is 6.92 Å². The molecule has 2 fully saturated rings. The molecule has 0 spiro atoms. The summed E-state index contributed by atoms with van der Waals surface area (Å²) in [7, 11) is 0. The molecule has 1 aromatic heterocycles. The number of likely N-dealkylation sites (tertiary alicyclic amines) is 1. The third-order valence-corrected chi connectivity index (χ3v) is 5.77. The highest BCUT2D eigenvalue weighted by atomic mass is 16.5. The first-order valence-corrected chi connectivity index (χ1v) is 11.2. The number of ether oxygens (including phenoxy) is 1. The molecule has 0 bridgehead atoms. The Bertz CT molecular complexity index is 915. The van der Waals surface area contributed by atoms with Crippen LogP contribution < -0.4 is 16.4 Å². The van der Waals surface area contributed by atoms with Gasteiger partial charge in [0, 0.05) is 25.6 Å². The van der Waals surface area contributed by atoms with E-state index in [0.717, 1.165) is 12.8 Å². The van der Waals surface area contributed by atoms with Crippen molar-refractivity contribution in [1.82, 2.24) is 25.1 Å². The number of nitrogens with zero attached hydrogens (tertiary/aromatic N) is 3. The second-order valence-corrected chi connectivity index (χ2v) is 8.26. The van der Waals surface area contributed by atoms with E-state index in [0.29, 0.717) is 31.5 Å². The van der Waals surface area contributed by atoms with Gasteiger partial charge in [-0.2, -0.15) is 0 Å². The summed E-state index contributed by atoms with van der Waals surface area (Å²) in [6, 6.07) is -2.52. The number of aromatic nitrogens is 2. The van der Waals surface area contributed by atoms with Crippen LogP contribution in [-0.2, 0) is 30.3 Å². The summed E-state index contributed by atoms with van der Waals surface area (Å²) in [5.74, 6) is -1.79. The van der Waals surface area contributed by atoms with Gasteiger partial charge in [0.1, 0.15) is 24.5 Å². The van der Waals surface area contributed by atoms with Crippen LogP contribution in [-0.4, -0.2) is 75.5 Å². The van der Waals surface area contributed by atoms with E-state index in [4.69, 9.17) is 10.5 Å². The van der Waals surface area contributed by atoms with Gasteiger partial charge in [0.05, 0.1) is 12.3 Å². The van der Waals surface area contributed by atoms with Crippen molar-refractivity contribution in [3.8, 4) is 0 Å². The minimum absolute atomic E-state index is 0.0114. The quantitative estimate of drug-likeness (QED) is 0.414. The molecule has 1 aromatic rings. The van der Waals surface area contributed by atoms with Crippen molar-refractivity contribution in [3.63, 3.8) is 0 Å². The number of imidazole rings is 1. The van der Waals surface area contributed by atoms with Crippen molar-refractivity contribution in [2.24, 2.45) is 5.73 Å². The van der Waals surface area contributed by atoms with Crippen LogP contribution in [0.25, 0.3) is 0 Å². The Morgan fingerprint density at radius 3 is 2.79 bits per heavy atom. The smallest absolute Gasteiger partial charge is 0.419 e. The molecule has 180 valence electrons. The second-order valence-electron chi connectivity index (χ2n) is 8.26. The Morgan fingerprint density at radius 1 is 1.33 bits per heavy atom. The Balaban J connectivity index is 1.73. The predicted octanol–water partition coefficient (Wildman–Crippen LogP) is -0.550. The Morgan fingerprint density at radius 2 is 2.12 bits per heavy atom. The fourth-order valence-electron chi connectivity index (χ4n) is 3.97. The molecule has 3 atom stereocenters. The minimum Gasteiger partial charge on any atom is -0.449 e. The number of unbranched alkanes of at least 4 members (excludes halogenated alkanes) is 1. The SMILES string of the molecule is CCCCOC(=O)n1cnc(C[C@H](NC(=O)[C@@H]2CCC(=O)N2)C(=O)N2CCC[C@H]2C(N)=O)c1. The Kier molecular flexibility index (Phi) is 8.01. The van der Waals surface area contributed by atoms with Gasteiger partial charge < -0.3 is 26.0 Å². The molecular formula is C21H30N6O6. The molecule has 0 saturated carbocycles. The van der Waals surface area contributed by atoms with Gasteiger partial charge in [0.2, 0.25) is 23.6 Å². The van der Waals surface area contributed by atoms with Gasteiger partial charge in [-0.25, -0.2) is 14.3 Å². The Labute approximate surface area is 191 Å². The number of nitrogens with one attached hydrogen (secondary N) is 2. The average molecular weight is 463 g/mol. The maximum atomic E-state index is 13.3. The molecule has 12 heteroatoms. The lowest BCUT2D eigenvalue weighted by atomic mass is 10.1. The van der Waals surface area contributed by atoms with Gasteiger partial charge in [-0.3, -0.25) is 19.2 Å². The lowest BCUT2D eigenvalue weighted by Crippen LogP contribution is -2.56. The molecule has 4 amide bonds. The summed E-state index contributed by atoms with van der Waals surface area (Å²) >= 11 is 0. The highest BCUT2D eigenvalue weighted by molar-refractivity contribution is 5.95. The van der Waals surface area contributed by atoms with Gasteiger partial charge in [-0.05, 0) is 25.7 Å². The molecule has 33 heavy (non-hydrogen) atoms. The standard InChI is InChI=1S/C21H30N6O6/c1-2-3-9-33-21(32)26-11-13(23-12-26)10-15(25-19(30)14-6-7-17(28)24-14)20(31)27-8-4-5-16(27)18(22)29/h11-12,14-16H,2-10H2,1H3,(H2,22,29)(H,24,28)(H,25,30)/t14-,15-,16-/m0/s1. The zero-order chi connectivity index (χ0) is 24.0. The van der Waals surface area contributed by atoms with Crippen molar-refractivity contribution in [2.45, 2.75) is 70.0 Å². The fourth-order valence-corrected chi connectivity index (χ4v) is 3.97. The number of hydrogen-bond acceptors (Lipinski definition) is 7. The number of carbonyl (C=O) groups excluding carboxylic acids is 5. The van der Waals surface area contributed by atoms with Crippen LogP contribution in [0.4, 0.5) is 4.79 Å². The number of amides is 4. The first-order valence-electron chi connectivity index (χ1n) is 11.2. The largest absolute Gasteiger partial charge is 0.449 e. The van der Waals surface area contributed by atoms with Gasteiger partial charge in [-0.1, -0.05) is 13.3 Å². The molecule has 12 nitrogen and oxygen atoms in total. The summed E-state index contributed by atoms with van der Waals surface area (Å²) in [5, 5.41) is 5.25. The molecule has 0 aliphatic carbocycles. The fraction of sp³-hybridized carbons (Fsp3) is 0.619. The van der Waals surface area contributed by atoms with Gasteiger partial charge >= 0.3 is 6.09 Å². The number of carbonyl (C=O) groups is 5. The van der Waals surface area contributed by atoms with Crippen LogP contribution >= 0.6 is 0 Å². The summed E-state index contributed by atoms with van der Waals surface area (Å²) in [5.41, 5.74) is 5.83. The first kappa shape index (κ1) is 24.2. The number of hydrogen-bond donors (Lipinski definition) is 3. The molecule has 3 heterocycles. The maximum Gasteiger partial charge on any atom is 0.419 e. The van der Waals surface area contributed by atoms with Crippen LogP contribution in [0.15, 0.2) is 12.5 Å². The van der Waals surface area contributed by atoms with E-state index in [1.54, 1.807) is 0 Å². The van der Waals surface area contributed by atoms with Crippen LogP contribution in [0.3, 0.4) is 0 Å². The number of rotatable bonds is 9. The molecule has 3 rings (SSSR count). The van der Waals surface area contributed by atoms with Crippen molar-refractivity contribution >= 4 is 29.7 Å². The average Bonchev–Trinajstić information content (AvgIpc) is 3.53. The summed E-state index contributed by atoms with van der Waals surface area (Å²) < 4.78 is 6.32. The topological polar surface area (TPSA) is 166 Å². The zero-order valence-electron chi connectivity index (χ0n) is 18.6. The highest BCUT2D eigenvalue weighted by Gasteiger charge is 2.38. The zero-order valence-corrected chi connectivity index (χ0v) is 18.6. The van der Waals surface area contributed by atoms with Crippen LogP contribution in [0.1, 0.15) is 51.1 Å². The molecule has 2 aliphatic rings. The third kappa shape index (κ3) is 6.08. The van der Waals surface area contributed by atoms with Crippen molar-refractivity contribution in [1.29, 1.82) is 0 Å². The molecule has 0 radical (unpaired) electrons. The van der Waals surface area contributed by atoms with Crippen molar-refractivity contribution in [3.05, 3.63) is 18.2 Å². The van der Waals surface area contributed by atoms with E-state index in [9.17, 15) is 24.0 Å². The van der Waals surface area contributed by atoms with E-state index in [1.165, 1.54) is 22.0 Å². The normalized spacial score (nSPS) is 20.9. The summed E-state index contributed by atoms with van der Waals surface area (Å²) in [6.07, 6.45) is 5.39.